The van der Waals surface area contributed by atoms with Crippen LogP contribution in [0.2, 0.25) is 0 Å². The van der Waals surface area contributed by atoms with Gasteiger partial charge in [0.25, 0.3) is 0 Å². The number of ether oxygens (including phenoxy) is 2. The zero-order valence-electron chi connectivity index (χ0n) is 46.2. The molecule has 0 unspecified atom stereocenters. The summed E-state index contributed by atoms with van der Waals surface area (Å²) in [6, 6.07) is 0. The minimum atomic E-state index is -0.916. The molecule has 8 nitrogen and oxygen atoms in total. The van der Waals surface area contributed by atoms with Crippen molar-refractivity contribution in [2.24, 2.45) is 0 Å². The van der Waals surface area contributed by atoms with Crippen LogP contribution in [0.15, 0.2) is 0 Å². The van der Waals surface area contributed by atoms with Gasteiger partial charge in [0, 0.05) is 24.8 Å². The molecule has 0 saturated heterocycles. The third kappa shape index (κ3) is 71.5. The smallest absolute Gasteiger partial charge is 0.550 e. The van der Waals surface area contributed by atoms with Crippen LogP contribution in [0.4, 0.5) is 0 Å². The third-order valence-corrected chi connectivity index (χ3v) is 13.5. The maximum absolute atomic E-state index is 11.8. The number of hydrogen-bond acceptors (Lipinski definition) is 8. The van der Waals surface area contributed by atoms with Crippen molar-refractivity contribution in [3.05, 3.63) is 0 Å². The summed E-state index contributed by atoms with van der Waals surface area (Å²) in [5, 5.41) is 20.7. The molecule has 0 aliphatic rings. The SMILES string of the molecule is CCCCCCCCCCCC(=O)OCCCCCCCCCCCCCCCCCC(=O)[O-].CCCCCCCCCCCC(=O)OCCCCCCCCCCCCCCCCCC(=O)[O-].[Ca+2]. The molecule has 0 rings (SSSR count). The molecule has 404 valence electrons. The number of carbonyl (C=O) groups is 4. The van der Waals surface area contributed by atoms with Gasteiger partial charge in [-0.2, -0.15) is 0 Å². The zero-order chi connectivity index (χ0) is 49.9. The molecule has 69 heavy (non-hydrogen) atoms. The Balaban J connectivity index is -0.00000124. The molecule has 0 bridgehead atoms. The third-order valence-electron chi connectivity index (χ3n) is 13.5. The average Bonchev–Trinajstić information content (AvgIpc) is 3.32. The van der Waals surface area contributed by atoms with E-state index in [1.54, 1.807) is 0 Å². The van der Waals surface area contributed by atoms with Gasteiger partial charge >= 0.3 is 49.7 Å². The summed E-state index contributed by atoms with van der Waals surface area (Å²) in [6.07, 6.45) is 61.1. The second-order valence-electron chi connectivity index (χ2n) is 20.4. The number of unbranched alkanes of at least 4 members (excludes halogenated alkanes) is 44. The first-order valence-corrected chi connectivity index (χ1v) is 30.0. The van der Waals surface area contributed by atoms with Crippen molar-refractivity contribution >= 4 is 61.6 Å². The van der Waals surface area contributed by atoms with Crippen LogP contribution in [0.25, 0.3) is 0 Å². The number of aliphatic carboxylic acids is 2. The molecule has 9 heteroatoms. The summed E-state index contributed by atoms with van der Waals surface area (Å²) in [5.74, 6) is -1.84. The minimum absolute atomic E-state index is 0. The number of carboxylic acids is 2. The van der Waals surface area contributed by atoms with E-state index in [1.165, 1.54) is 231 Å². The standard InChI is InChI=1S/2C30H58O4.Ca/c2*1-2-3-4-5-6-14-18-21-24-27-30(33)34-28-25-22-19-16-13-11-9-7-8-10-12-15-17-20-23-26-29(31)32;/h2*2-28H2,1H3,(H,31,32);/q;;+2/p-2. The predicted octanol–water partition coefficient (Wildman–Crippen LogP) is 16.5. The van der Waals surface area contributed by atoms with Crippen molar-refractivity contribution in [2.45, 2.75) is 348 Å². The quantitative estimate of drug-likeness (QED) is 0.0334. The Labute approximate surface area is 458 Å². The Morgan fingerprint density at radius 2 is 0.406 bits per heavy atom. The van der Waals surface area contributed by atoms with Crippen molar-refractivity contribution in [3.8, 4) is 0 Å². The molecule has 0 aromatic carbocycles. The van der Waals surface area contributed by atoms with Crippen molar-refractivity contribution in [2.75, 3.05) is 13.2 Å². The van der Waals surface area contributed by atoms with Gasteiger partial charge in [0.15, 0.2) is 0 Å². The normalized spacial score (nSPS) is 10.9. The Hall–Kier alpha value is -0.860. The minimum Gasteiger partial charge on any atom is -0.550 e. The first-order chi connectivity index (χ1) is 33.3. The van der Waals surface area contributed by atoms with Crippen LogP contribution >= 0.6 is 0 Å². The van der Waals surface area contributed by atoms with E-state index in [1.807, 2.05) is 0 Å². The van der Waals surface area contributed by atoms with Gasteiger partial charge in [-0.15, -0.1) is 0 Å². The molecule has 0 saturated carbocycles. The number of carboxylic acid groups (broad SMARTS) is 2. The first kappa shape index (κ1) is 72.4. The predicted molar refractivity (Wildman–Crippen MR) is 289 cm³/mol. The van der Waals surface area contributed by atoms with Gasteiger partial charge in [0.2, 0.25) is 0 Å². The molecule has 0 aromatic heterocycles. The maximum Gasteiger partial charge on any atom is 2.00 e. The molecular formula is C60H114CaO8. The summed E-state index contributed by atoms with van der Waals surface area (Å²) in [7, 11) is 0. The van der Waals surface area contributed by atoms with Crippen LogP contribution in [0.5, 0.6) is 0 Å². The van der Waals surface area contributed by atoms with Gasteiger partial charge in [-0.25, -0.2) is 0 Å². The molecule has 0 radical (unpaired) electrons. The Kier molecular flexibility index (Phi) is 68.4. The van der Waals surface area contributed by atoms with Crippen LogP contribution in [0, 0.1) is 0 Å². The van der Waals surface area contributed by atoms with Crippen LogP contribution < -0.4 is 10.2 Å². The summed E-state index contributed by atoms with van der Waals surface area (Å²) in [4.78, 5) is 44.2. The van der Waals surface area contributed by atoms with Crippen LogP contribution in [-0.4, -0.2) is 74.8 Å². The average molecular weight is 1000 g/mol. The van der Waals surface area contributed by atoms with E-state index in [0.29, 0.717) is 26.1 Å². The molecule has 0 amide bonds. The molecule has 0 atom stereocenters. The van der Waals surface area contributed by atoms with Crippen LogP contribution in [0.1, 0.15) is 348 Å². The first-order valence-electron chi connectivity index (χ1n) is 30.0. The zero-order valence-corrected chi connectivity index (χ0v) is 48.4. The fourth-order valence-corrected chi connectivity index (χ4v) is 9.02. The van der Waals surface area contributed by atoms with E-state index in [9.17, 15) is 29.4 Å². The Morgan fingerprint density at radius 1 is 0.246 bits per heavy atom. The second kappa shape index (κ2) is 65.2. The van der Waals surface area contributed by atoms with Gasteiger partial charge in [-0.3, -0.25) is 9.59 Å². The van der Waals surface area contributed by atoms with E-state index in [2.05, 4.69) is 13.8 Å². The summed E-state index contributed by atoms with van der Waals surface area (Å²) in [6.45, 7) is 5.72. The Bertz CT molecular complexity index is 959. The molecule has 0 aliphatic carbocycles. The topological polar surface area (TPSA) is 133 Å². The van der Waals surface area contributed by atoms with E-state index >= 15 is 0 Å². The summed E-state index contributed by atoms with van der Waals surface area (Å²) >= 11 is 0. The second-order valence-corrected chi connectivity index (χ2v) is 20.4. The fraction of sp³-hybridized carbons (Fsp3) is 0.933. The number of hydrogen-bond donors (Lipinski definition) is 0. The van der Waals surface area contributed by atoms with Crippen molar-refractivity contribution in [3.63, 3.8) is 0 Å². The monoisotopic (exact) mass is 1000 g/mol. The number of esters is 2. The number of rotatable bonds is 56. The maximum atomic E-state index is 11.8. The number of carbonyl (C=O) groups excluding carboxylic acids is 4. The van der Waals surface area contributed by atoms with Crippen LogP contribution in [-0.2, 0) is 28.7 Å². The van der Waals surface area contributed by atoms with Gasteiger partial charge in [-0.1, -0.05) is 284 Å². The molecule has 0 fully saturated rings. The molecule has 0 aliphatic heterocycles. The summed E-state index contributed by atoms with van der Waals surface area (Å²) in [5.41, 5.74) is 0. The Morgan fingerprint density at radius 3 is 0.594 bits per heavy atom. The summed E-state index contributed by atoms with van der Waals surface area (Å²) < 4.78 is 10.8. The van der Waals surface area contributed by atoms with Gasteiger partial charge in [0.1, 0.15) is 0 Å². The van der Waals surface area contributed by atoms with Gasteiger partial charge in [-0.05, 0) is 51.4 Å². The van der Waals surface area contributed by atoms with Crippen molar-refractivity contribution in [1.82, 2.24) is 0 Å². The molecule has 0 spiro atoms. The van der Waals surface area contributed by atoms with E-state index in [4.69, 9.17) is 9.47 Å². The molecule has 0 N–H and O–H groups in total. The molecule has 0 aromatic rings. The largest absolute Gasteiger partial charge is 2.00 e. The van der Waals surface area contributed by atoms with E-state index in [-0.39, 0.29) is 62.5 Å². The van der Waals surface area contributed by atoms with E-state index in [0.717, 1.165) is 77.0 Å². The van der Waals surface area contributed by atoms with Crippen LogP contribution in [0.3, 0.4) is 0 Å². The van der Waals surface area contributed by atoms with Gasteiger partial charge in [0.05, 0.1) is 13.2 Å². The van der Waals surface area contributed by atoms with Crippen molar-refractivity contribution < 1.29 is 38.9 Å². The fourth-order valence-electron chi connectivity index (χ4n) is 9.02. The molecular weight excluding hydrogens is 889 g/mol. The van der Waals surface area contributed by atoms with E-state index < -0.39 is 11.9 Å². The molecule has 0 heterocycles. The van der Waals surface area contributed by atoms with Crippen molar-refractivity contribution in [1.29, 1.82) is 0 Å². The van der Waals surface area contributed by atoms with Gasteiger partial charge < -0.3 is 29.3 Å².